The van der Waals surface area contributed by atoms with Gasteiger partial charge in [-0.05, 0) is 75.3 Å². The summed E-state index contributed by atoms with van der Waals surface area (Å²) in [5, 5.41) is 2.11. The number of alkyl halides is 3. The van der Waals surface area contributed by atoms with Gasteiger partial charge in [-0.3, -0.25) is 23.9 Å². The van der Waals surface area contributed by atoms with Crippen LogP contribution in [0.2, 0.25) is 0 Å². The van der Waals surface area contributed by atoms with Gasteiger partial charge >= 0.3 is 6.18 Å². The predicted molar refractivity (Wildman–Crippen MR) is 133 cm³/mol. The number of fused-ring (bicyclic) bond motifs is 3. The Balaban J connectivity index is 1.72. The zero-order valence-corrected chi connectivity index (χ0v) is 21.2. The average Bonchev–Trinajstić information content (AvgIpc) is 2.89. The Morgan fingerprint density at radius 2 is 1.94 bits per heavy atom. The highest BCUT2D eigenvalue weighted by molar-refractivity contribution is 8.26. The van der Waals surface area contributed by atoms with Crippen LogP contribution in [0.5, 0.6) is 0 Å². The Labute approximate surface area is 207 Å². The zero-order chi connectivity index (χ0) is 26.0. The maximum Gasteiger partial charge on any atom is 0.417 e. The number of carbonyl (C=O) groups is 1. The molecule has 1 aromatic heterocycles. The van der Waals surface area contributed by atoms with Crippen molar-refractivity contribution >= 4 is 39.8 Å². The van der Waals surface area contributed by atoms with Gasteiger partial charge < -0.3 is 11.1 Å². The Kier molecular flexibility index (Phi) is 6.19. The minimum absolute atomic E-state index is 0.0931. The Morgan fingerprint density at radius 1 is 1.26 bits per heavy atom. The van der Waals surface area contributed by atoms with Gasteiger partial charge in [0.05, 0.1) is 10.8 Å². The summed E-state index contributed by atoms with van der Waals surface area (Å²) in [4.78, 5) is 22.2. The molecule has 35 heavy (non-hydrogen) atoms. The Morgan fingerprint density at radius 3 is 2.57 bits per heavy atom. The number of hydrogen-bond acceptors (Lipinski definition) is 7. The number of aryl methyl sites for hydroxylation is 1. The minimum atomic E-state index is -4.55. The average molecular weight is 529 g/mol. The van der Waals surface area contributed by atoms with E-state index in [0.29, 0.717) is 29.6 Å². The van der Waals surface area contributed by atoms with E-state index < -0.39 is 43.8 Å². The second-order valence-electron chi connectivity index (χ2n) is 9.43. The SMILES string of the molecule is Cc1cc(C(F)(F)F)cnc1C(=O)Nc1ccc2c(c1)[C@@]1(C)N=C(N)C(C)(C)S(O)(O)[C@@H]1CCS2. The van der Waals surface area contributed by atoms with Gasteiger partial charge in [0.25, 0.3) is 5.91 Å². The van der Waals surface area contributed by atoms with Gasteiger partial charge in [-0.25, -0.2) is 0 Å². The molecule has 0 radical (unpaired) electrons. The van der Waals surface area contributed by atoms with E-state index in [0.717, 1.165) is 11.0 Å². The normalized spacial score (nSPS) is 26.0. The molecular formula is C23H27F3N4O3S2. The summed E-state index contributed by atoms with van der Waals surface area (Å²) in [5.74, 6) is 0.138. The summed E-state index contributed by atoms with van der Waals surface area (Å²) in [6.45, 7) is 6.56. The quantitative estimate of drug-likeness (QED) is 0.400. The summed E-state index contributed by atoms with van der Waals surface area (Å²) in [6.07, 6.45) is -3.41. The summed E-state index contributed by atoms with van der Waals surface area (Å²) >= 11 is 1.56. The fourth-order valence-corrected chi connectivity index (χ4v) is 8.17. The van der Waals surface area contributed by atoms with Gasteiger partial charge in [-0.2, -0.15) is 23.8 Å². The molecule has 0 unspecified atom stereocenters. The molecule has 0 fully saturated rings. The first-order valence-electron chi connectivity index (χ1n) is 10.8. The molecule has 190 valence electrons. The first-order chi connectivity index (χ1) is 16.1. The molecule has 4 rings (SSSR count). The lowest BCUT2D eigenvalue weighted by Crippen LogP contribution is -2.56. The van der Waals surface area contributed by atoms with Crippen molar-refractivity contribution in [3.8, 4) is 0 Å². The van der Waals surface area contributed by atoms with Crippen molar-refractivity contribution in [1.82, 2.24) is 4.98 Å². The van der Waals surface area contributed by atoms with Crippen molar-refractivity contribution in [2.75, 3.05) is 11.1 Å². The number of benzene rings is 1. The second kappa shape index (κ2) is 8.39. The fourth-order valence-electron chi connectivity index (χ4n) is 4.53. The third-order valence-corrected chi connectivity index (χ3v) is 11.1. The zero-order valence-electron chi connectivity index (χ0n) is 19.6. The number of amides is 1. The van der Waals surface area contributed by atoms with E-state index in [1.54, 1.807) is 37.7 Å². The van der Waals surface area contributed by atoms with Gasteiger partial charge in [-0.1, -0.05) is 0 Å². The maximum atomic E-state index is 12.9. The van der Waals surface area contributed by atoms with Crippen molar-refractivity contribution < 1.29 is 27.1 Å². The number of aromatic nitrogens is 1. The number of thioether (sulfide) groups is 1. The van der Waals surface area contributed by atoms with Crippen molar-refractivity contribution in [3.63, 3.8) is 0 Å². The maximum absolute atomic E-state index is 12.9. The third-order valence-electron chi connectivity index (χ3n) is 6.79. The first-order valence-corrected chi connectivity index (χ1v) is 13.4. The van der Waals surface area contributed by atoms with E-state index in [-0.39, 0.29) is 17.1 Å². The number of rotatable bonds is 2. The highest BCUT2D eigenvalue weighted by Crippen LogP contribution is 2.66. The van der Waals surface area contributed by atoms with Crippen LogP contribution in [0.25, 0.3) is 0 Å². The van der Waals surface area contributed by atoms with Crippen molar-refractivity contribution in [2.45, 2.75) is 60.7 Å². The van der Waals surface area contributed by atoms with Crippen LogP contribution in [-0.2, 0) is 11.7 Å². The molecule has 5 N–H and O–H groups in total. The highest BCUT2D eigenvalue weighted by Gasteiger charge is 2.56. The van der Waals surface area contributed by atoms with Crippen molar-refractivity contribution in [2.24, 2.45) is 10.7 Å². The van der Waals surface area contributed by atoms with Crippen LogP contribution in [0.4, 0.5) is 18.9 Å². The predicted octanol–water partition coefficient (Wildman–Crippen LogP) is 5.64. The Hall–Kier alpha value is -2.28. The standard InChI is InChI=1S/C23H27F3N4O3S2/c1-12-9-13(23(24,25)26)11-28-18(12)19(31)29-14-5-6-16-15(10-14)22(4)17(7-8-34-16)35(32,33)21(2,3)20(27)30-22/h5-6,9-11,17,32-33H,7-8H2,1-4H3,(H2,27,30)(H,29,31)/t17-,22-/m1/s1. The van der Waals surface area contributed by atoms with Crippen LogP contribution >= 0.6 is 22.4 Å². The fraction of sp³-hybridized carbons (Fsp3) is 0.435. The molecule has 2 aromatic rings. The van der Waals surface area contributed by atoms with E-state index in [2.05, 4.69) is 10.3 Å². The highest BCUT2D eigenvalue weighted by atomic mass is 32.3. The largest absolute Gasteiger partial charge is 0.417 e. The van der Waals surface area contributed by atoms with E-state index >= 15 is 0 Å². The van der Waals surface area contributed by atoms with E-state index in [1.807, 2.05) is 13.0 Å². The lowest BCUT2D eigenvalue weighted by Gasteiger charge is -2.58. The van der Waals surface area contributed by atoms with Gasteiger partial charge in [0.1, 0.15) is 21.8 Å². The molecule has 3 heterocycles. The molecule has 1 amide bonds. The molecule has 7 nitrogen and oxygen atoms in total. The van der Waals surface area contributed by atoms with E-state index in [4.69, 9.17) is 10.7 Å². The lowest BCUT2D eigenvalue weighted by atomic mass is 9.86. The van der Waals surface area contributed by atoms with Gasteiger partial charge in [0, 0.05) is 16.8 Å². The summed E-state index contributed by atoms with van der Waals surface area (Å²) < 4.78 is 60.3. The van der Waals surface area contributed by atoms with Crippen molar-refractivity contribution in [3.05, 3.63) is 52.8 Å². The van der Waals surface area contributed by atoms with Crippen LogP contribution < -0.4 is 11.1 Å². The molecule has 0 saturated carbocycles. The molecule has 0 saturated heterocycles. The number of carbonyl (C=O) groups excluding carboxylic acids is 1. The summed E-state index contributed by atoms with van der Waals surface area (Å²) in [5.41, 5.74) is 5.30. The molecule has 0 spiro atoms. The number of nitrogens with one attached hydrogen (secondary N) is 1. The number of amidine groups is 1. The molecule has 0 aliphatic carbocycles. The number of halogens is 3. The van der Waals surface area contributed by atoms with Crippen LogP contribution in [0.3, 0.4) is 0 Å². The molecule has 2 aliphatic rings. The van der Waals surface area contributed by atoms with Crippen LogP contribution in [0, 0.1) is 6.92 Å². The lowest BCUT2D eigenvalue weighted by molar-refractivity contribution is -0.137. The van der Waals surface area contributed by atoms with Gasteiger partial charge in [-0.15, -0.1) is 11.8 Å². The van der Waals surface area contributed by atoms with Gasteiger partial charge in [0.2, 0.25) is 0 Å². The monoisotopic (exact) mass is 528 g/mol. The molecule has 2 atom stereocenters. The van der Waals surface area contributed by atoms with Crippen molar-refractivity contribution in [1.29, 1.82) is 0 Å². The second-order valence-corrected chi connectivity index (χ2v) is 13.3. The molecule has 1 aromatic carbocycles. The molecule has 2 aliphatic heterocycles. The third kappa shape index (κ3) is 4.20. The number of hydrogen-bond donors (Lipinski definition) is 4. The molecule has 12 heteroatoms. The number of nitrogens with two attached hydrogens (primary N) is 1. The Bertz CT molecular complexity index is 1230. The van der Waals surface area contributed by atoms with Crippen LogP contribution in [0.1, 0.15) is 54.4 Å². The number of nitrogens with zero attached hydrogens (tertiary/aromatic N) is 2. The molecule has 0 bridgehead atoms. The van der Waals surface area contributed by atoms with Crippen LogP contribution in [0.15, 0.2) is 40.4 Å². The number of pyridine rings is 1. The molecular weight excluding hydrogens is 501 g/mol. The first kappa shape index (κ1) is 25.8. The van der Waals surface area contributed by atoms with E-state index in [9.17, 15) is 27.1 Å². The number of anilines is 1. The smallest absolute Gasteiger partial charge is 0.386 e. The van der Waals surface area contributed by atoms with Gasteiger partial charge in [0.15, 0.2) is 0 Å². The topological polar surface area (TPSA) is 121 Å². The summed E-state index contributed by atoms with van der Waals surface area (Å²) in [6, 6.07) is 6.09. The summed E-state index contributed by atoms with van der Waals surface area (Å²) in [7, 11) is -3.19. The van der Waals surface area contributed by atoms with E-state index in [1.165, 1.54) is 6.92 Å². The number of aliphatic imine (C=N–C) groups is 1. The minimum Gasteiger partial charge on any atom is -0.386 e. The van der Waals surface area contributed by atoms with Crippen LogP contribution in [-0.4, -0.2) is 41.6 Å².